The van der Waals surface area contributed by atoms with Crippen LogP contribution < -0.4 is 19.5 Å². The van der Waals surface area contributed by atoms with Gasteiger partial charge in [-0.3, -0.25) is 4.79 Å². The normalized spacial score (nSPS) is 10.0. The summed E-state index contributed by atoms with van der Waals surface area (Å²) in [6.45, 7) is 0.180. The summed E-state index contributed by atoms with van der Waals surface area (Å²) in [7, 11) is 4.56. The van der Waals surface area contributed by atoms with Crippen LogP contribution in [0.2, 0.25) is 0 Å². The molecule has 0 saturated heterocycles. The topological polar surface area (TPSA) is 95.7 Å². The average molecular weight is 363 g/mol. The fraction of sp³-hybridized carbons (Fsp3) is 0.312. The van der Waals surface area contributed by atoms with E-state index >= 15 is 0 Å². The predicted molar refractivity (Wildman–Crippen MR) is 92.0 cm³/mol. The lowest BCUT2D eigenvalue weighted by Crippen LogP contribution is -2.25. The van der Waals surface area contributed by atoms with Crippen LogP contribution in [0.1, 0.15) is 0 Å². The number of ether oxygens (including phenoxy) is 3. The number of amides is 1. The number of carbonyl (C=O) groups is 1. The third-order valence-corrected chi connectivity index (χ3v) is 3.85. The van der Waals surface area contributed by atoms with Crippen LogP contribution >= 0.6 is 11.8 Å². The molecule has 0 aliphatic heterocycles. The van der Waals surface area contributed by atoms with Gasteiger partial charge in [0.25, 0.3) is 5.22 Å². The van der Waals surface area contributed by atoms with Crippen LogP contribution in [0.4, 0.5) is 0 Å². The van der Waals surface area contributed by atoms with Gasteiger partial charge in [0.2, 0.25) is 17.5 Å². The molecule has 0 spiro atoms. The first kappa shape index (κ1) is 18.5. The molecular weight excluding hydrogens is 346 g/mol. The Kier molecular flexibility index (Phi) is 6.54. The van der Waals surface area contributed by atoms with Crippen molar-refractivity contribution in [2.24, 2.45) is 0 Å². The number of rotatable bonds is 8. The number of hydrogen-bond donors (Lipinski definition) is 1. The van der Waals surface area contributed by atoms with Gasteiger partial charge in [0.15, 0.2) is 11.5 Å². The maximum absolute atomic E-state index is 11.5. The lowest BCUT2D eigenvalue weighted by Gasteiger charge is -2.12. The highest BCUT2D eigenvalue weighted by molar-refractivity contribution is 7.99. The molecule has 2 aromatic rings. The van der Waals surface area contributed by atoms with Crippen molar-refractivity contribution in [1.29, 1.82) is 0 Å². The molecule has 0 aliphatic carbocycles. The highest BCUT2D eigenvalue weighted by Gasteiger charge is 2.18. The van der Waals surface area contributed by atoms with E-state index in [2.05, 4.69) is 21.4 Å². The van der Waals surface area contributed by atoms with Crippen LogP contribution in [0.15, 0.2) is 21.8 Å². The zero-order chi connectivity index (χ0) is 18.2. The Bertz CT molecular complexity index is 759. The molecule has 1 aromatic carbocycles. The zero-order valence-electron chi connectivity index (χ0n) is 14.0. The first-order valence-electron chi connectivity index (χ1n) is 7.09. The number of nitrogens with one attached hydrogen (secondary N) is 1. The summed E-state index contributed by atoms with van der Waals surface area (Å²) in [6.07, 6.45) is 5.08. The Morgan fingerprint density at radius 1 is 1.24 bits per heavy atom. The van der Waals surface area contributed by atoms with E-state index in [0.717, 1.165) is 11.8 Å². The minimum atomic E-state index is -0.213. The van der Waals surface area contributed by atoms with E-state index in [1.165, 1.54) is 21.3 Å². The van der Waals surface area contributed by atoms with Crippen LogP contribution in [-0.4, -0.2) is 49.7 Å². The number of aromatic nitrogens is 2. The van der Waals surface area contributed by atoms with Crippen molar-refractivity contribution in [3.8, 4) is 41.0 Å². The second kappa shape index (κ2) is 8.84. The molecule has 8 nitrogen and oxygen atoms in total. The van der Waals surface area contributed by atoms with Crippen molar-refractivity contribution in [2.45, 2.75) is 5.22 Å². The van der Waals surface area contributed by atoms with E-state index in [4.69, 9.17) is 25.1 Å². The molecule has 2 rings (SSSR count). The van der Waals surface area contributed by atoms with E-state index in [9.17, 15) is 4.79 Å². The highest BCUT2D eigenvalue weighted by atomic mass is 32.2. The van der Waals surface area contributed by atoms with Gasteiger partial charge in [0.05, 0.1) is 33.6 Å². The quantitative estimate of drug-likeness (QED) is 0.558. The van der Waals surface area contributed by atoms with Crippen LogP contribution in [0.25, 0.3) is 11.5 Å². The molecular formula is C16H17N3O5S. The van der Waals surface area contributed by atoms with Crippen molar-refractivity contribution < 1.29 is 23.4 Å². The van der Waals surface area contributed by atoms with Gasteiger partial charge in [-0.1, -0.05) is 17.7 Å². The van der Waals surface area contributed by atoms with E-state index in [0.29, 0.717) is 22.8 Å². The molecule has 0 saturated carbocycles. The van der Waals surface area contributed by atoms with Gasteiger partial charge in [0, 0.05) is 5.56 Å². The molecule has 0 aliphatic rings. The standard InChI is InChI=1S/C16H17N3O5S/c1-5-6-17-13(20)9-25-16-19-18-15(24-16)10-7-11(21-2)14(23-4)12(8-10)22-3/h1,7-8H,6,9H2,2-4H3,(H,17,20). The Morgan fingerprint density at radius 2 is 1.92 bits per heavy atom. The number of terminal acetylenes is 1. The summed E-state index contributed by atoms with van der Waals surface area (Å²) >= 11 is 1.11. The van der Waals surface area contributed by atoms with E-state index < -0.39 is 0 Å². The Labute approximate surface area is 149 Å². The van der Waals surface area contributed by atoms with Crippen LogP contribution in [0.3, 0.4) is 0 Å². The molecule has 0 bridgehead atoms. The number of hydrogen-bond acceptors (Lipinski definition) is 8. The first-order chi connectivity index (χ1) is 12.1. The van der Waals surface area contributed by atoms with Crippen LogP contribution in [-0.2, 0) is 4.79 Å². The summed E-state index contributed by atoms with van der Waals surface area (Å²) in [5.41, 5.74) is 0.602. The largest absolute Gasteiger partial charge is 0.493 e. The van der Waals surface area contributed by atoms with Gasteiger partial charge in [-0.15, -0.1) is 16.6 Å². The monoisotopic (exact) mass is 363 g/mol. The molecule has 0 radical (unpaired) electrons. The molecule has 1 N–H and O–H groups in total. The van der Waals surface area contributed by atoms with Crippen LogP contribution in [0, 0.1) is 12.3 Å². The van der Waals surface area contributed by atoms with E-state index in [-0.39, 0.29) is 29.3 Å². The second-order valence-corrected chi connectivity index (χ2v) is 5.48. The molecule has 0 unspecified atom stereocenters. The SMILES string of the molecule is C#CCNC(=O)CSc1nnc(-c2cc(OC)c(OC)c(OC)c2)o1. The molecule has 132 valence electrons. The van der Waals surface area contributed by atoms with Gasteiger partial charge in [-0.25, -0.2) is 0 Å². The third kappa shape index (κ3) is 4.58. The molecule has 1 aromatic heterocycles. The van der Waals surface area contributed by atoms with Gasteiger partial charge < -0.3 is 23.9 Å². The van der Waals surface area contributed by atoms with Gasteiger partial charge in [-0.2, -0.15) is 0 Å². The summed E-state index contributed by atoms with van der Waals surface area (Å²) < 4.78 is 21.4. The average Bonchev–Trinajstić information content (AvgIpc) is 3.12. The molecule has 9 heteroatoms. The van der Waals surface area contributed by atoms with Crippen molar-refractivity contribution in [3.05, 3.63) is 12.1 Å². The maximum Gasteiger partial charge on any atom is 0.277 e. The Balaban J connectivity index is 2.16. The highest BCUT2D eigenvalue weighted by Crippen LogP contribution is 2.41. The number of carbonyl (C=O) groups excluding carboxylic acids is 1. The fourth-order valence-electron chi connectivity index (χ4n) is 1.92. The van der Waals surface area contributed by atoms with Gasteiger partial charge >= 0.3 is 0 Å². The van der Waals surface area contributed by atoms with E-state index in [1.807, 2.05) is 0 Å². The lowest BCUT2D eigenvalue weighted by atomic mass is 10.2. The second-order valence-electron chi connectivity index (χ2n) is 4.56. The summed E-state index contributed by atoms with van der Waals surface area (Å²) in [4.78, 5) is 11.5. The smallest absolute Gasteiger partial charge is 0.277 e. The zero-order valence-corrected chi connectivity index (χ0v) is 14.8. The molecule has 1 amide bonds. The van der Waals surface area contributed by atoms with E-state index in [1.54, 1.807) is 12.1 Å². The summed E-state index contributed by atoms with van der Waals surface area (Å²) in [5.74, 6) is 3.91. The number of thioether (sulfide) groups is 1. The molecule has 25 heavy (non-hydrogen) atoms. The lowest BCUT2D eigenvalue weighted by molar-refractivity contribution is -0.118. The summed E-state index contributed by atoms with van der Waals surface area (Å²) in [5, 5.41) is 10.7. The van der Waals surface area contributed by atoms with Gasteiger partial charge in [-0.05, 0) is 12.1 Å². The van der Waals surface area contributed by atoms with Crippen molar-refractivity contribution in [2.75, 3.05) is 33.6 Å². The molecule has 1 heterocycles. The fourth-order valence-corrected chi connectivity index (χ4v) is 2.51. The number of benzene rings is 1. The number of nitrogens with zero attached hydrogens (tertiary/aromatic N) is 2. The Hall–Kier alpha value is -2.86. The first-order valence-corrected chi connectivity index (χ1v) is 8.08. The Morgan fingerprint density at radius 3 is 2.48 bits per heavy atom. The molecule has 0 fully saturated rings. The number of methoxy groups -OCH3 is 3. The van der Waals surface area contributed by atoms with Crippen molar-refractivity contribution in [1.82, 2.24) is 15.5 Å². The molecule has 0 atom stereocenters. The maximum atomic E-state index is 11.5. The van der Waals surface area contributed by atoms with Crippen LogP contribution in [0.5, 0.6) is 17.2 Å². The van der Waals surface area contributed by atoms with Crippen molar-refractivity contribution in [3.63, 3.8) is 0 Å². The minimum Gasteiger partial charge on any atom is -0.493 e. The van der Waals surface area contributed by atoms with Gasteiger partial charge in [0.1, 0.15) is 0 Å². The van der Waals surface area contributed by atoms with Crippen molar-refractivity contribution >= 4 is 17.7 Å². The summed E-state index contributed by atoms with van der Waals surface area (Å²) in [6, 6.07) is 3.39. The predicted octanol–water partition coefficient (Wildman–Crippen LogP) is 1.60. The minimum absolute atomic E-state index is 0.124. The third-order valence-electron chi connectivity index (χ3n) is 3.03.